The molecule has 0 radical (unpaired) electrons. The van der Waals surface area contributed by atoms with E-state index in [0.29, 0.717) is 30.4 Å². The van der Waals surface area contributed by atoms with E-state index in [1.807, 2.05) is 0 Å². The van der Waals surface area contributed by atoms with Gasteiger partial charge in [-0.05, 0) is 34.8 Å². The van der Waals surface area contributed by atoms with Crippen molar-refractivity contribution in [2.45, 2.75) is 18.9 Å². The van der Waals surface area contributed by atoms with Crippen molar-refractivity contribution in [3.63, 3.8) is 0 Å². The van der Waals surface area contributed by atoms with E-state index in [-0.39, 0.29) is 18.6 Å². The molecule has 5 nitrogen and oxygen atoms in total. The molecule has 102 valence electrons. The predicted octanol–water partition coefficient (Wildman–Crippen LogP) is 2.34. The number of fused-ring (bicyclic) bond motifs is 1. The largest absolute Gasteiger partial charge is 0.486 e. The highest BCUT2D eigenvalue weighted by molar-refractivity contribution is 9.10. The Hall–Kier alpha value is -1.27. The van der Waals surface area contributed by atoms with Crippen LogP contribution < -0.4 is 14.8 Å². The molecule has 1 aromatic rings. The van der Waals surface area contributed by atoms with Gasteiger partial charge in [-0.25, -0.2) is 0 Å². The lowest BCUT2D eigenvalue weighted by Gasteiger charge is -2.20. The first kappa shape index (κ1) is 12.7. The minimum atomic E-state index is -0.157. The van der Waals surface area contributed by atoms with Crippen LogP contribution >= 0.6 is 15.9 Å². The summed E-state index contributed by atoms with van der Waals surface area (Å²) < 4.78 is 17.1. The van der Waals surface area contributed by atoms with E-state index in [2.05, 4.69) is 21.2 Å². The zero-order chi connectivity index (χ0) is 13.2. The number of hydrogen-bond donors (Lipinski definition) is 1. The molecule has 1 heterocycles. The maximum absolute atomic E-state index is 11.7. The lowest BCUT2D eigenvalue weighted by atomic mass is 10.2. The molecule has 1 N–H and O–H groups in total. The maximum Gasteiger partial charge on any atom is 0.250 e. The van der Waals surface area contributed by atoms with Crippen LogP contribution in [0.2, 0.25) is 0 Å². The van der Waals surface area contributed by atoms with E-state index in [1.165, 1.54) is 0 Å². The van der Waals surface area contributed by atoms with Crippen molar-refractivity contribution < 1.29 is 19.0 Å². The lowest BCUT2D eigenvalue weighted by Crippen LogP contribution is -2.20. The minimum Gasteiger partial charge on any atom is -0.486 e. The van der Waals surface area contributed by atoms with Gasteiger partial charge in [0.2, 0.25) is 5.91 Å². The van der Waals surface area contributed by atoms with Crippen LogP contribution in [0.25, 0.3) is 0 Å². The number of amides is 1. The minimum absolute atomic E-state index is 0.0940. The third-order valence-electron chi connectivity index (χ3n) is 2.86. The van der Waals surface area contributed by atoms with Crippen molar-refractivity contribution in [3.8, 4) is 11.5 Å². The van der Waals surface area contributed by atoms with E-state index in [0.717, 1.165) is 17.3 Å². The SMILES string of the molecule is O=C(COC1CC1)Nc1cc(Br)c2c(c1)OCCO2. The van der Waals surface area contributed by atoms with Crippen LogP contribution in [0.15, 0.2) is 16.6 Å². The first-order chi connectivity index (χ1) is 9.22. The molecule has 1 aliphatic heterocycles. The van der Waals surface area contributed by atoms with Crippen molar-refractivity contribution in [3.05, 3.63) is 16.6 Å². The fraction of sp³-hybridized carbons (Fsp3) is 0.462. The van der Waals surface area contributed by atoms with Crippen LogP contribution in [0.5, 0.6) is 11.5 Å². The summed E-state index contributed by atoms with van der Waals surface area (Å²) in [6, 6.07) is 3.55. The number of carbonyl (C=O) groups excluding carboxylic acids is 1. The number of carbonyl (C=O) groups is 1. The fourth-order valence-electron chi connectivity index (χ4n) is 1.81. The summed E-state index contributed by atoms with van der Waals surface area (Å²) in [7, 11) is 0. The summed E-state index contributed by atoms with van der Waals surface area (Å²) in [5.74, 6) is 1.16. The topological polar surface area (TPSA) is 56.8 Å². The van der Waals surface area contributed by atoms with E-state index in [9.17, 15) is 4.79 Å². The number of benzene rings is 1. The molecule has 19 heavy (non-hydrogen) atoms. The average molecular weight is 328 g/mol. The smallest absolute Gasteiger partial charge is 0.250 e. The average Bonchev–Trinajstić information content (AvgIpc) is 3.20. The van der Waals surface area contributed by atoms with Gasteiger partial charge in [-0.2, -0.15) is 0 Å². The summed E-state index contributed by atoms with van der Waals surface area (Å²) >= 11 is 3.41. The molecule has 1 fully saturated rings. The van der Waals surface area contributed by atoms with Gasteiger partial charge in [0.1, 0.15) is 19.8 Å². The molecule has 0 atom stereocenters. The normalized spacial score (nSPS) is 17.1. The van der Waals surface area contributed by atoms with Gasteiger partial charge in [0, 0.05) is 11.8 Å². The zero-order valence-electron chi connectivity index (χ0n) is 10.3. The Morgan fingerprint density at radius 2 is 2.16 bits per heavy atom. The molecule has 1 amide bonds. The Morgan fingerprint density at radius 3 is 2.95 bits per heavy atom. The summed E-state index contributed by atoms with van der Waals surface area (Å²) in [6.45, 7) is 1.14. The molecule has 0 saturated heterocycles. The summed E-state index contributed by atoms with van der Waals surface area (Å²) in [6.07, 6.45) is 2.39. The first-order valence-corrected chi connectivity index (χ1v) is 7.02. The van der Waals surface area contributed by atoms with Gasteiger partial charge < -0.3 is 19.5 Å². The Labute approximate surface area is 119 Å². The van der Waals surface area contributed by atoms with Crippen LogP contribution in [0.1, 0.15) is 12.8 Å². The Bertz CT molecular complexity index is 502. The van der Waals surface area contributed by atoms with Crippen LogP contribution in [0.4, 0.5) is 5.69 Å². The van der Waals surface area contributed by atoms with E-state index in [4.69, 9.17) is 14.2 Å². The van der Waals surface area contributed by atoms with Gasteiger partial charge in [-0.15, -0.1) is 0 Å². The van der Waals surface area contributed by atoms with E-state index in [1.54, 1.807) is 12.1 Å². The van der Waals surface area contributed by atoms with Gasteiger partial charge in [0.15, 0.2) is 11.5 Å². The number of nitrogens with one attached hydrogen (secondary N) is 1. The number of ether oxygens (including phenoxy) is 3. The van der Waals surface area contributed by atoms with Crippen LogP contribution in [-0.2, 0) is 9.53 Å². The second-order valence-corrected chi connectivity index (χ2v) is 5.40. The Kier molecular flexibility index (Phi) is 3.61. The quantitative estimate of drug-likeness (QED) is 0.922. The molecular formula is C13H14BrNO4. The van der Waals surface area contributed by atoms with E-state index >= 15 is 0 Å². The summed E-state index contributed by atoms with van der Waals surface area (Å²) in [4.78, 5) is 11.7. The molecule has 0 bridgehead atoms. The van der Waals surface area contributed by atoms with E-state index < -0.39 is 0 Å². The number of hydrogen-bond acceptors (Lipinski definition) is 4. The Morgan fingerprint density at radius 1 is 1.37 bits per heavy atom. The highest BCUT2D eigenvalue weighted by Gasteiger charge is 2.23. The highest BCUT2D eigenvalue weighted by Crippen LogP contribution is 2.40. The maximum atomic E-state index is 11.7. The molecular weight excluding hydrogens is 314 g/mol. The van der Waals surface area contributed by atoms with Crippen LogP contribution in [0.3, 0.4) is 0 Å². The zero-order valence-corrected chi connectivity index (χ0v) is 11.9. The van der Waals surface area contributed by atoms with Crippen molar-refractivity contribution in [2.75, 3.05) is 25.1 Å². The van der Waals surface area contributed by atoms with Gasteiger partial charge in [0.05, 0.1) is 10.6 Å². The monoisotopic (exact) mass is 327 g/mol. The Balaban J connectivity index is 1.66. The second-order valence-electron chi connectivity index (χ2n) is 4.54. The van der Waals surface area contributed by atoms with Crippen molar-refractivity contribution in [1.29, 1.82) is 0 Å². The number of halogens is 1. The van der Waals surface area contributed by atoms with Crippen molar-refractivity contribution in [1.82, 2.24) is 0 Å². The van der Waals surface area contributed by atoms with Gasteiger partial charge in [-0.3, -0.25) is 4.79 Å². The van der Waals surface area contributed by atoms with Gasteiger partial charge in [-0.1, -0.05) is 0 Å². The third kappa shape index (κ3) is 3.19. The fourth-order valence-corrected chi connectivity index (χ4v) is 2.36. The third-order valence-corrected chi connectivity index (χ3v) is 3.44. The van der Waals surface area contributed by atoms with Crippen LogP contribution in [0, 0.1) is 0 Å². The summed E-state index contributed by atoms with van der Waals surface area (Å²) in [5.41, 5.74) is 0.667. The molecule has 1 aliphatic carbocycles. The van der Waals surface area contributed by atoms with Crippen LogP contribution in [-0.4, -0.2) is 31.8 Å². The standard InChI is InChI=1S/C13H14BrNO4/c14-10-5-8(6-11-13(10)18-4-3-17-11)15-12(16)7-19-9-1-2-9/h5-6,9H,1-4,7H2,(H,15,16). The van der Waals surface area contributed by atoms with Crippen molar-refractivity contribution in [2.24, 2.45) is 0 Å². The highest BCUT2D eigenvalue weighted by atomic mass is 79.9. The molecule has 3 rings (SSSR count). The molecule has 1 aromatic carbocycles. The molecule has 0 aromatic heterocycles. The number of rotatable bonds is 4. The molecule has 0 spiro atoms. The first-order valence-electron chi connectivity index (χ1n) is 6.23. The molecule has 6 heteroatoms. The van der Waals surface area contributed by atoms with Gasteiger partial charge >= 0.3 is 0 Å². The molecule has 1 saturated carbocycles. The second kappa shape index (κ2) is 5.38. The summed E-state index contributed by atoms with van der Waals surface area (Å²) in [5, 5.41) is 2.79. The molecule has 0 unspecified atom stereocenters. The number of anilines is 1. The lowest BCUT2D eigenvalue weighted by molar-refractivity contribution is -0.121. The van der Waals surface area contributed by atoms with Crippen molar-refractivity contribution >= 4 is 27.5 Å². The molecule has 2 aliphatic rings. The predicted molar refractivity (Wildman–Crippen MR) is 72.7 cm³/mol. The van der Waals surface area contributed by atoms with Gasteiger partial charge in [0.25, 0.3) is 0 Å².